The molecule has 0 amide bonds. The van der Waals surface area contributed by atoms with E-state index in [0.717, 1.165) is 6.42 Å². The Hall–Kier alpha value is -0.470. The minimum absolute atomic E-state index is 0.208. The molecule has 0 bridgehead atoms. The first kappa shape index (κ1) is 10.5. The van der Waals surface area contributed by atoms with Gasteiger partial charge < -0.3 is 0 Å². The molecule has 0 unspecified atom stereocenters. The van der Waals surface area contributed by atoms with Gasteiger partial charge in [-0.3, -0.25) is 0 Å². The van der Waals surface area contributed by atoms with E-state index in [1.807, 2.05) is 13.0 Å². The third-order valence-corrected chi connectivity index (χ3v) is 1.23. The van der Waals surface area contributed by atoms with Gasteiger partial charge in [-0.1, -0.05) is 19.1 Å². The van der Waals surface area contributed by atoms with E-state index in [4.69, 9.17) is 0 Å². The number of hydrogen-bond acceptors (Lipinski definition) is 0. The zero-order valence-corrected chi connectivity index (χ0v) is 6.62. The molecular formula is C8H13F3. The summed E-state index contributed by atoms with van der Waals surface area (Å²) in [6, 6.07) is 0. The molecule has 0 aromatic heterocycles. The number of unbranched alkanes of at least 4 members (excludes halogenated alkanes) is 1. The summed E-state index contributed by atoms with van der Waals surface area (Å²) < 4.78 is 34.6. The zero-order chi connectivity index (χ0) is 8.74. The van der Waals surface area contributed by atoms with Crippen LogP contribution in [0.25, 0.3) is 0 Å². The topological polar surface area (TPSA) is 0 Å². The molecule has 0 heterocycles. The van der Waals surface area contributed by atoms with Crippen LogP contribution >= 0.6 is 0 Å². The van der Waals surface area contributed by atoms with Crippen molar-refractivity contribution in [3.63, 3.8) is 0 Å². The van der Waals surface area contributed by atoms with Crippen LogP contribution in [0.1, 0.15) is 32.6 Å². The van der Waals surface area contributed by atoms with Crippen molar-refractivity contribution in [2.45, 2.75) is 38.8 Å². The standard InChI is InChI=1S/C8H13F3/c1-2-3-4-5-6-7-8(9,10)11/h3-4H,2,5-7H2,1H3. The lowest BCUT2D eigenvalue weighted by atomic mass is 10.2. The molecular weight excluding hydrogens is 153 g/mol. The van der Waals surface area contributed by atoms with Gasteiger partial charge in [0.2, 0.25) is 0 Å². The Morgan fingerprint density at radius 2 is 1.82 bits per heavy atom. The van der Waals surface area contributed by atoms with Crippen molar-refractivity contribution in [2.75, 3.05) is 0 Å². The summed E-state index contributed by atoms with van der Waals surface area (Å²) >= 11 is 0. The monoisotopic (exact) mass is 166 g/mol. The predicted octanol–water partition coefficient (Wildman–Crippen LogP) is 3.69. The van der Waals surface area contributed by atoms with Crippen molar-refractivity contribution in [2.24, 2.45) is 0 Å². The lowest BCUT2D eigenvalue weighted by Crippen LogP contribution is -2.05. The molecule has 0 aromatic carbocycles. The van der Waals surface area contributed by atoms with Crippen LogP contribution in [0.3, 0.4) is 0 Å². The van der Waals surface area contributed by atoms with Gasteiger partial charge in [-0.2, -0.15) is 13.2 Å². The lowest BCUT2D eigenvalue weighted by molar-refractivity contribution is -0.135. The Labute approximate surface area is 65.1 Å². The van der Waals surface area contributed by atoms with Gasteiger partial charge in [-0.25, -0.2) is 0 Å². The molecule has 0 saturated heterocycles. The maximum atomic E-state index is 11.5. The van der Waals surface area contributed by atoms with E-state index in [1.54, 1.807) is 6.08 Å². The minimum Gasteiger partial charge on any atom is -0.171 e. The van der Waals surface area contributed by atoms with E-state index in [9.17, 15) is 13.2 Å². The first-order valence-electron chi connectivity index (χ1n) is 3.78. The van der Waals surface area contributed by atoms with Crippen molar-refractivity contribution in [1.29, 1.82) is 0 Å². The summed E-state index contributed by atoms with van der Waals surface area (Å²) in [6.45, 7) is 1.96. The van der Waals surface area contributed by atoms with Gasteiger partial charge >= 0.3 is 6.18 Å². The van der Waals surface area contributed by atoms with Crippen LogP contribution < -0.4 is 0 Å². The van der Waals surface area contributed by atoms with E-state index in [1.165, 1.54) is 0 Å². The maximum absolute atomic E-state index is 11.5. The molecule has 0 fully saturated rings. The van der Waals surface area contributed by atoms with Crippen molar-refractivity contribution in [3.8, 4) is 0 Å². The van der Waals surface area contributed by atoms with Crippen LogP contribution in [0.2, 0.25) is 0 Å². The Bertz CT molecular complexity index is 113. The summed E-state index contributed by atoms with van der Waals surface area (Å²) in [5.41, 5.74) is 0. The van der Waals surface area contributed by atoms with Gasteiger partial charge in [0.1, 0.15) is 0 Å². The smallest absolute Gasteiger partial charge is 0.171 e. The normalized spacial score (nSPS) is 12.7. The largest absolute Gasteiger partial charge is 0.389 e. The zero-order valence-electron chi connectivity index (χ0n) is 6.62. The Morgan fingerprint density at radius 3 is 2.27 bits per heavy atom. The molecule has 0 nitrogen and oxygen atoms in total. The molecule has 3 heteroatoms. The van der Waals surface area contributed by atoms with Gasteiger partial charge in [0.25, 0.3) is 0 Å². The van der Waals surface area contributed by atoms with Crippen molar-refractivity contribution in [3.05, 3.63) is 12.2 Å². The minimum atomic E-state index is -3.99. The third kappa shape index (κ3) is 9.53. The van der Waals surface area contributed by atoms with Gasteiger partial charge in [-0.05, 0) is 19.3 Å². The van der Waals surface area contributed by atoms with Crippen LogP contribution in [0, 0.1) is 0 Å². The second-order valence-electron chi connectivity index (χ2n) is 2.39. The molecule has 0 N–H and O–H groups in total. The van der Waals surface area contributed by atoms with Crippen LogP contribution in [-0.2, 0) is 0 Å². The van der Waals surface area contributed by atoms with E-state index in [0.29, 0.717) is 6.42 Å². The SMILES string of the molecule is CCC=CCCCC(F)(F)F. The van der Waals surface area contributed by atoms with Crippen molar-refractivity contribution in [1.82, 2.24) is 0 Å². The summed E-state index contributed by atoms with van der Waals surface area (Å²) in [6.07, 6.45) is 0.669. The molecule has 0 aliphatic rings. The van der Waals surface area contributed by atoms with Crippen LogP contribution in [0.5, 0.6) is 0 Å². The highest BCUT2D eigenvalue weighted by atomic mass is 19.4. The van der Waals surface area contributed by atoms with Gasteiger partial charge in [0.05, 0.1) is 0 Å². The molecule has 0 aliphatic heterocycles. The molecule has 0 aliphatic carbocycles. The number of allylic oxidation sites excluding steroid dienone is 2. The second-order valence-corrected chi connectivity index (χ2v) is 2.39. The van der Waals surface area contributed by atoms with E-state index >= 15 is 0 Å². The summed E-state index contributed by atoms with van der Waals surface area (Å²) in [5.74, 6) is 0. The van der Waals surface area contributed by atoms with Gasteiger partial charge in [-0.15, -0.1) is 0 Å². The van der Waals surface area contributed by atoms with E-state index < -0.39 is 12.6 Å². The number of halogens is 3. The molecule has 0 radical (unpaired) electrons. The highest BCUT2D eigenvalue weighted by Crippen LogP contribution is 2.22. The number of hydrogen-bond donors (Lipinski definition) is 0. The average molecular weight is 166 g/mol. The fraction of sp³-hybridized carbons (Fsp3) is 0.750. The molecule has 66 valence electrons. The summed E-state index contributed by atoms with van der Waals surface area (Å²) in [7, 11) is 0. The molecule has 0 spiro atoms. The highest BCUT2D eigenvalue weighted by Gasteiger charge is 2.25. The summed E-state index contributed by atoms with van der Waals surface area (Å²) in [4.78, 5) is 0. The van der Waals surface area contributed by atoms with E-state index in [-0.39, 0.29) is 6.42 Å². The van der Waals surface area contributed by atoms with Crippen molar-refractivity contribution < 1.29 is 13.2 Å². The molecule has 0 saturated carbocycles. The Balaban J connectivity index is 3.21. The van der Waals surface area contributed by atoms with Crippen LogP contribution in [0.15, 0.2) is 12.2 Å². The number of rotatable bonds is 4. The molecule has 0 aromatic rings. The van der Waals surface area contributed by atoms with Crippen LogP contribution in [0.4, 0.5) is 13.2 Å². The Morgan fingerprint density at radius 1 is 1.18 bits per heavy atom. The second kappa shape index (κ2) is 5.22. The Kier molecular flexibility index (Phi) is 4.99. The first-order valence-corrected chi connectivity index (χ1v) is 3.78. The fourth-order valence-electron chi connectivity index (χ4n) is 0.705. The number of alkyl halides is 3. The first-order chi connectivity index (χ1) is 5.06. The highest BCUT2D eigenvalue weighted by molar-refractivity contribution is 4.79. The van der Waals surface area contributed by atoms with Gasteiger partial charge in [0.15, 0.2) is 0 Å². The average Bonchev–Trinajstić information content (AvgIpc) is 1.85. The maximum Gasteiger partial charge on any atom is 0.389 e. The van der Waals surface area contributed by atoms with Crippen LogP contribution in [-0.4, -0.2) is 6.18 Å². The summed E-state index contributed by atoms with van der Waals surface area (Å²) in [5, 5.41) is 0. The van der Waals surface area contributed by atoms with Crippen molar-refractivity contribution >= 4 is 0 Å². The van der Waals surface area contributed by atoms with E-state index in [2.05, 4.69) is 0 Å². The third-order valence-electron chi connectivity index (χ3n) is 1.23. The fourth-order valence-corrected chi connectivity index (χ4v) is 0.705. The molecule has 0 rings (SSSR count). The molecule has 11 heavy (non-hydrogen) atoms. The predicted molar refractivity (Wildman–Crippen MR) is 39.3 cm³/mol. The molecule has 0 atom stereocenters. The quantitative estimate of drug-likeness (QED) is 0.441. The lowest BCUT2D eigenvalue weighted by Gasteiger charge is -2.02. The van der Waals surface area contributed by atoms with Gasteiger partial charge in [0, 0.05) is 6.42 Å².